The molecule has 1 aromatic carbocycles. The van der Waals surface area contributed by atoms with E-state index in [1.165, 1.54) is 19.1 Å². The molecule has 11 heteroatoms. The smallest absolute Gasteiger partial charge is 0.262 e. The third kappa shape index (κ3) is 5.12. The van der Waals surface area contributed by atoms with Gasteiger partial charge in [-0.3, -0.25) is 4.68 Å². The van der Waals surface area contributed by atoms with Gasteiger partial charge in [-0.2, -0.15) is 31.4 Å². The minimum atomic E-state index is -5.25. The Morgan fingerprint density at radius 1 is 1.17 bits per heavy atom. The Hall–Kier alpha value is -1.18. The molecule has 0 aliphatic rings. The lowest BCUT2D eigenvalue weighted by Crippen LogP contribution is -2.19. The molecule has 2 aromatic rings. The van der Waals surface area contributed by atoms with Crippen LogP contribution in [0.15, 0.2) is 16.4 Å². The number of hydrogen-bond donors (Lipinski definition) is 0. The van der Waals surface area contributed by atoms with E-state index in [-0.39, 0.29) is 20.8 Å². The van der Waals surface area contributed by atoms with E-state index in [1.807, 2.05) is 13.3 Å². The van der Waals surface area contributed by atoms with Crippen LogP contribution in [0.1, 0.15) is 22.4 Å². The van der Waals surface area contributed by atoms with Crippen LogP contribution in [0.25, 0.3) is 17.3 Å². The van der Waals surface area contributed by atoms with Crippen molar-refractivity contribution in [2.45, 2.75) is 19.3 Å². The number of alkyl halides is 6. The van der Waals surface area contributed by atoms with E-state index in [2.05, 4.69) is 27.3 Å². The Balaban J connectivity index is 2.86. The number of hydrogen-bond acceptors (Lipinski definition) is 1. The molecule has 0 spiro atoms. The van der Waals surface area contributed by atoms with E-state index in [9.17, 15) is 26.3 Å². The molecule has 0 saturated carbocycles. The van der Waals surface area contributed by atoms with Gasteiger partial charge in [0.1, 0.15) is 11.3 Å². The normalized spacial score (nSPS) is 13.9. The first-order valence-electron chi connectivity index (χ1n) is 8.02. The quantitative estimate of drug-likeness (QED) is 0.302. The number of aryl methyl sites for hydroxylation is 2. The predicted molar refractivity (Wildman–Crippen MR) is 111 cm³/mol. The van der Waals surface area contributed by atoms with Gasteiger partial charge in [-0.1, -0.05) is 40.7 Å². The van der Waals surface area contributed by atoms with Gasteiger partial charge in [-0.05, 0) is 49.6 Å². The van der Waals surface area contributed by atoms with Gasteiger partial charge in [0, 0.05) is 21.9 Å². The van der Waals surface area contributed by atoms with Crippen molar-refractivity contribution in [1.82, 2.24) is 9.78 Å². The molecule has 0 N–H and O–H groups in total. The Morgan fingerprint density at radius 2 is 1.72 bits per heavy atom. The van der Waals surface area contributed by atoms with Crippen molar-refractivity contribution in [3.63, 3.8) is 0 Å². The summed E-state index contributed by atoms with van der Waals surface area (Å²) in [6.07, 6.45) is -4.81. The second-order valence-corrected chi connectivity index (χ2v) is 12.8. The van der Waals surface area contributed by atoms with Crippen LogP contribution in [0.2, 0.25) is 5.02 Å². The van der Waals surface area contributed by atoms with Crippen molar-refractivity contribution in [3.8, 4) is 11.3 Å². The van der Waals surface area contributed by atoms with Gasteiger partial charge in [-0.15, -0.1) is 0 Å². The first-order chi connectivity index (χ1) is 12.9. The van der Waals surface area contributed by atoms with Gasteiger partial charge in [0.05, 0.1) is 0 Å². The Labute approximate surface area is 177 Å². The summed E-state index contributed by atoms with van der Waals surface area (Å²) in [6, 6.07) is 2.71. The second-order valence-electron chi connectivity index (χ2n) is 7.03. The average Bonchev–Trinajstić information content (AvgIpc) is 2.86. The van der Waals surface area contributed by atoms with Crippen LogP contribution in [-0.2, 0) is 19.4 Å². The molecule has 1 aromatic heterocycles. The van der Waals surface area contributed by atoms with Gasteiger partial charge in [-0.25, -0.2) is 0 Å². The molecule has 0 fully saturated rings. The van der Waals surface area contributed by atoms with E-state index >= 15 is 0 Å². The molecule has 0 amide bonds. The highest BCUT2D eigenvalue weighted by atomic mass is 79.9. The Morgan fingerprint density at radius 3 is 2.17 bits per heavy atom. The fourth-order valence-electron chi connectivity index (χ4n) is 2.66. The van der Waals surface area contributed by atoms with Gasteiger partial charge in [0.2, 0.25) is 0 Å². The fourth-order valence-corrected chi connectivity index (χ4v) is 3.67. The minimum Gasteiger partial charge on any atom is -0.262 e. The lowest BCUT2D eigenvalue weighted by Gasteiger charge is -2.15. The third-order valence-corrected chi connectivity index (χ3v) is 8.77. The first kappa shape index (κ1) is 24.1. The van der Waals surface area contributed by atoms with Crippen molar-refractivity contribution in [1.29, 1.82) is 0 Å². The van der Waals surface area contributed by atoms with Crippen LogP contribution in [-0.4, -0.2) is 29.4 Å². The van der Waals surface area contributed by atoms with E-state index < -0.39 is 36.2 Å². The van der Waals surface area contributed by atoms with Crippen molar-refractivity contribution in [2.24, 2.45) is 7.05 Å². The maximum absolute atomic E-state index is 13.6. The monoisotopic (exact) mass is 520 g/mol. The molecule has 0 aliphatic carbocycles. The molecule has 0 aliphatic heterocycles. The Bertz CT molecular complexity index is 1030. The largest absolute Gasteiger partial charge is 0.433 e. The number of nitrogens with zero attached hydrogens (tertiary/aromatic N) is 2. The van der Waals surface area contributed by atoms with E-state index in [0.29, 0.717) is 5.56 Å². The summed E-state index contributed by atoms with van der Waals surface area (Å²) in [5.41, 5.74) is -3.93. The van der Waals surface area contributed by atoms with Crippen LogP contribution >= 0.6 is 34.4 Å². The lowest BCUT2D eigenvalue weighted by molar-refractivity contribution is -0.165. The molecule has 0 unspecified atom stereocenters. The summed E-state index contributed by atoms with van der Waals surface area (Å²) in [5, 5.41) is 3.82. The highest BCUT2D eigenvalue weighted by Crippen LogP contribution is 2.51. The highest BCUT2D eigenvalue weighted by Gasteiger charge is 2.49. The zero-order valence-electron chi connectivity index (χ0n) is 15.8. The summed E-state index contributed by atoms with van der Waals surface area (Å²) >= 11 is 9.62. The molecule has 0 radical (unpaired) electrons. The zero-order chi connectivity index (χ0) is 22.5. The standard InChI is InChI=1S/C18H17BrClF6N2P/c1-9-6-12(20)10(8-13(19)29(3,4)5)7-11(9)15-14(17(21,22)23)16(18(24,25)26)28(2)27-15/h6-8H,3H2,1-2,4-5H3/b13-8+. The molecule has 29 heavy (non-hydrogen) atoms. The topological polar surface area (TPSA) is 17.8 Å². The van der Waals surface area contributed by atoms with Crippen molar-refractivity contribution >= 4 is 46.8 Å². The summed E-state index contributed by atoms with van der Waals surface area (Å²) in [6.45, 7) is 3.55. The summed E-state index contributed by atoms with van der Waals surface area (Å²) in [7, 11) is 0.833. The van der Waals surface area contributed by atoms with Crippen molar-refractivity contribution in [2.75, 3.05) is 13.3 Å². The first-order valence-corrected chi connectivity index (χ1v) is 12.1. The van der Waals surface area contributed by atoms with Crippen LogP contribution < -0.4 is 0 Å². The van der Waals surface area contributed by atoms with E-state index in [4.69, 9.17) is 11.6 Å². The predicted octanol–water partition coefficient (Wildman–Crippen LogP) is 7.49. The molecule has 2 nitrogen and oxygen atoms in total. The molecule has 1 heterocycles. The lowest BCUT2D eigenvalue weighted by atomic mass is 9.98. The van der Waals surface area contributed by atoms with Gasteiger partial charge in [0.25, 0.3) is 0 Å². The van der Waals surface area contributed by atoms with Crippen molar-refractivity contribution in [3.05, 3.63) is 43.8 Å². The third-order valence-electron chi connectivity index (χ3n) is 4.05. The zero-order valence-corrected chi connectivity index (χ0v) is 19.0. The molecular formula is C18H17BrClF6N2P. The van der Waals surface area contributed by atoms with Gasteiger partial charge >= 0.3 is 12.4 Å². The molecule has 0 saturated heterocycles. The number of benzene rings is 1. The van der Waals surface area contributed by atoms with Crippen LogP contribution in [0.3, 0.4) is 0 Å². The Kier molecular flexibility index (Phi) is 6.50. The molecule has 160 valence electrons. The van der Waals surface area contributed by atoms with E-state index in [1.54, 1.807) is 6.08 Å². The summed E-state index contributed by atoms with van der Waals surface area (Å²) in [5.74, 6) is 0. The van der Waals surface area contributed by atoms with Crippen LogP contribution in [0.4, 0.5) is 26.3 Å². The fraction of sp³-hybridized carbons (Fsp3) is 0.333. The molecule has 2 rings (SSSR count). The molecular weight excluding hydrogens is 505 g/mol. The van der Waals surface area contributed by atoms with E-state index in [0.717, 1.165) is 11.3 Å². The maximum atomic E-state index is 13.6. The SMILES string of the molecule is C=P(C)(C)/C(Br)=C/c1cc(-c2nn(C)c(C(F)(F)F)c2C(F)(F)F)c(C)cc1Cl. The van der Waals surface area contributed by atoms with Gasteiger partial charge < -0.3 is 0 Å². The van der Waals surface area contributed by atoms with Gasteiger partial charge in [0.15, 0.2) is 5.69 Å². The maximum Gasteiger partial charge on any atom is 0.433 e. The van der Waals surface area contributed by atoms with Crippen LogP contribution in [0, 0.1) is 6.92 Å². The summed E-state index contributed by atoms with van der Waals surface area (Å²) < 4.78 is 81.7. The van der Waals surface area contributed by atoms with Crippen molar-refractivity contribution < 1.29 is 26.3 Å². The minimum absolute atomic E-state index is 0.0837. The van der Waals surface area contributed by atoms with Crippen LogP contribution in [0.5, 0.6) is 0 Å². The molecule has 0 bridgehead atoms. The number of halogens is 8. The second kappa shape index (κ2) is 7.82. The summed E-state index contributed by atoms with van der Waals surface area (Å²) in [4.78, 5) is 0. The number of aromatic nitrogens is 2. The molecule has 0 atom stereocenters. The highest BCUT2D eigenvalue weighted by molar-refractivity contribution is 9.13. The average molecular weight is 522 g/mol. The number of rotatable bonds is 3.